The molecule has 0 spiro atoms. The van der Waals surface area contributed by atoms with Crippen LogP contribution in [-0.2, 0) is 11.3 Å². The van der Waals surface area contributed by atoms with E-state index in [4.69, 9.17) is 10.5 Å². The molecule has 21 heavy (non-hydrogen) atoms. The van der Waals surface area contributed by atoms with Gasteiger partial charge in [-0.05, 0) is 42.7 Å². The van der Waals surface area contributed by atoms with Crippen LogP contribution in [0.4, 0.5) is 0 Å². The van der Waals surface area contributed by atoms with E-state index >= 15 is 0 Å². The quantitative estimate of drug-likeness (QED) is 0.909. The lowest BCUT2D eigenvalue weighted by Gasteiger charge is -2.38. The first-order valence-electron chi connectivity index (χ1n) is 7.86. The van der Waals surface area contributed by atoms with Crippen LogP contribution in [0.25, 0.3) is 0 Å². The summed E-state index contributed by atoms with van der Waals surface area (Å²) in [4.78, 5) is 2.52. The first kappa shape index (κ1) is 16.8. The highest BCUT2D eigenvalue weighted by molar-refractivity contribution is 5.85. The summed E-state index contributed by atoms with van der Waals surface area (Å²) in [7, 11) is 1.81. The monoisotopic (exact) mass is 310 g/mol. The van der Waals surface area contributed by atoms with Crippen LogP contribution in [0.15, 0.2) is 24.3 Å². The number of nitrogens with two attached hydrogens (primary N) is 1. The summed E-state index contributed by atoms with van der Waals surface area (Å²) in [6.07, 6.45) is 5.32. The maximum atomic E-state index is 5.94. The molecule has 1 saturated carbocycles. The van der Waals surface area contributed by atoms with Gasteiger partial charge in [0.2, 0.25) is 0 Å². The van der Waals surface area contributed by atoms with E-state index < -0.39 is 0 Å². The Hall–Kier alpha value is -0.610. The lowest BCUT2D eigenvalue weighted by Crippen LogP contribution is -2.47. The Morgan fingerprint density at radius 2 is 1.90 bits per heavy atom. The van der Waals surface area contributed by atoms with Crippen LogP contribution < -0.4 is 5.73 Å². The smallest absolute Gasteiger partial charge is 0.0599 e. The molecule has 1 heterocycles. The number of piperidine rings is 1. The minimum Gasteiger partial charge on any atom is -0.381 e. The van der Waals surface area contributed by atoms with Gasteiger partial charge in [-0.2, -0.15) is 0 Å². The van der Waals surface area contributed by atoms with Gasteiger partial charge in [-0.3, -0.25) is 4.90 Å². The number of likely N-dealkylation sites (tertiary alicyclic amines) is 1. The molecule has 1 aliphatic carbocycles. The van der Waals surface area contributed by atoms with Crippen LogP contribution in [0.3, 0.4) is 0 Å². The lowest BCUT2D eigenvalue weighted by atomic mass is 9.98. The van der Waals surface area contributed by atoms with Crippen molar-refractivity contribution in [3.8, 4) is 0 Å². The molecule has 2 aliphatic rings. The second kappa shape index (κ2) is 7.59. The zero-order valence-electron chi connectivity index (χ0n) is 12.8. The molecule has 2 fully saturated rings. The fraction of sp³-hybridized carbons (Fsp3) is 0.647. The largest absolute Gasteiger partial charge is 0.381 e. The number of benzene rings is 1. The van der Waals surface area contributed by atoms with Gasteiger partial charge in [0.05, 0.1) is 6.10 Å². The van der Waals surface area contributed by atoms with E-state index in [9.17, 15) is 0 Å². The highest BCUT2D eigenvalue weighted by Crippen LogP contribution is 2.40. The van der Waals surface area contributed by atoms with Gasteiger partial charge in [-0.15, -0.1) is 12.4 Å². The van der Waals surface area contributed by atoms with E-state index in [1.165, 1.54) is 24.0 Å². The highest BCUT2D eigenvalue weighted by Gasteiger charge is 2.27. The Morgan fingerprint density at radius 3 is 2.48 bits per heavy atom. The molecule has 2 N–H and O–H groups in total. The van der Waals surface area contributed by atoms with Gasteiger partial charge in [-0.25, -0.2) is 0 Å². The standard InChI is InChI=1S/C17H26N2O.ClH/c1-20-17-8-9-19(16(10-17)11-18)12-13-2-4-14(5-3-13)15-6-7-15;/h2-5,15-17H,6-12,18H2,1H3;1H. The van der Waals surface area contributed by atoms with Crippen molar-refractivity contribution in [3.05, 3.63) is 35.4 Å². The Labute approximate surface area is 134 Å². The van der Waals surface area contributed by atoms with Gasteiger partial charge in [0, 0.05) is 32.8 Å². The molecule has 2 unspecified atom stereocenters. The molecule has 0 amide bonds. The van der Waals surface area contributed by atoms with E-state index in [0.717, 1.165) is 38.4 Å². The summed E-state index contributed by atoms with van der Waals surface area (Å²) in [5.74, 6) is 0.846. The Morgan fingerprint density at radius 1 is 1.19 bits per heavy atom. The third kappa shape index (κ3) is 4.19. The summed E-state index contributed by atoms with van der Waals surface area (Å²) in [6.45, 7) is 2.83. The van der Waals surface area contributed by atoms with Crippen LogP contribution in [0.1, 0.15) is 42.7 Å². The third-order valence-corrected chi connectivity index (χ3v) is 4.81. The molecule has 3 nitrogen and oxygen atoms in total. The lowest BCUT2D eigenvalue weighted by molar-refractivity contribution is 0.0102. The Kier molecular flexibility index (Phi) is 6.06. The summed E-state index contributed by atoms with van der Waals surface area (Å²) in [5.41, 5.74) is 8.86. The first-order valence-corrected chi connectivity index (χ1v) is 7.86. The van der Waals surface area contributed by atoms with E-state index in [0.29, 0.717) is 12.1 Å². The fourth-order valence-corrected chi connectivity index (χ4v) is 3.28. The minimum absolute atomic E-state index is 0. The molecular weight excluding hydrogens is 284 g/mol. The Bertz CT molecular complexity index is 433. The van der Waals surface area contributed by atoms with Crippen LogP contribution in [-0.4, -0.2) is 37.2 Å². The van der Waals surface area contributed by atoms with Crippen LogP contribution in [0.5, 0.6) is 0 Å². The van der Waals surface area contributed by atoms with Crippen molar-refractivity contribution in [2.75, 3.05) is 20.2 Å². The predicted molar refractivity (Wildman–Crippen MR) is 88.9 cm³/mol. The zero-order chi connectivity index (χ0) is 13.9. The van der Waals surface area contributed by atoms with E-state index in [1.807, 2.05) is 7.11 Å². The second-order valence-corrected chi connectivity index (χ2v) is 6.26. The molecule has 0 bridgehead atoms. The van der Waals surface area contributed by atoms with Crippen molar-refractivity contribution in [2.45, 2.75) is 50.3 Å². The number of nitrogens with zero attached hydrogens (tertiary/aromatic N) is 1. The summed E-state index contributed by atoms with van der Waals surface area (Å²) in [5, 5.41) is 0. The molecule has 4 heteroatoms. The van der Waals surface area contributed by atoms with Gasteiger partial charge in [0.1, 0.15) is 0 Å². The molecule has 1 aromatic rings. The van der Waals surface area contributed by atoms with E-state index in [-0.39, 0.29) is 12.4 Å². The maximum Gasteiger partial charge on any atom is 0.0599 e. The summed E-state index contributed by atoms with van der Waals surface area (Å²) >= 11 is 0. The third-order valence-electron chi connectivity index (χ3n) is 4.81. The normalized spacial score (nSPS) is 26.4. The Balaban J connectivity index is 0.00000161. The number of rotatable bonds is 5. The van der Waals surface area contributed by atoms with Gasteiger partial charge < -0.3 is 10.5 Å². The van der Waals surface area contributed by atoms with Crippen LogP contribution >= 0.6 is 12.4 Å². The summed E-state index contributed by atoms with van der Waals surface area (Å²) in [6, 6.07) is 9.67. The van der Waals surface area contributed by atoms with Crippen molar-refractivity contribution in [1.82, 2.24) is 4.90 Å². The van der Waals surface area contributed by atoms with Crippen molar-refractivity contribution < 1.29 is 4.74 Å². The van der Waals surface area contributed by atoms with Crippen LogP contribution in [0, 0.1) is 0 Å². The first-order chi connectivity index (χ1) is 9.80. The summed E-state index contributed by atoms with van der Waals surface area (Å²) < 4.78 is 5.49. The van der Waals surface area contributed by atoms with Crippen LogP contribution in [0.2, 0.25) is 0 Å². The topological polar surface area (TPSA) is 38.5 Å². The molecular formula is C17H27ClN2O. The van der Waals surface area contributed by atoms with Crippen molar-refractivity contribution in [3.63, 3.8) is 0 Å². The molecule has 2 atom stereocenters. The average molecular weight is 311 g/mol. The van der Waals surface area contributed by atoms with Crippen molar-refractivity contribution in [2.24, 2.45) is 5.73 Å². The molecule has 1 aromatic carbocycles. The SMILES string of the molecule is COC1CCN(Cc2ccc(C3CC3)cc2)C(CN)C1.Cl. The number of hydrogen-bond acceptors (Lipinski definition) is 3. The second-order valence-electron chi connectivity index (χ2n) is 6.26. The molecule has 1 aliphatic heterocycles. The van der Waals surface area contributed by atoms with E-state index in [1.54, 1.807) is 0 Å². The minimum atomic E-state index is 0. The van der Waals surface area contributed by atoms with Gasteiger partial charge in [0.25, 0.3) is 0 Å². The number of ether oxygens (including phenoxy) is 1. The van der Waals surface area contributed by atoms with Crippen molar-refractivity contribution >= 4 is 12.4 Å². The van der Waals surface area contributed by atoms with E-state index in [2.05, 4.69) is 29.2 Å². The maximum absolute atomic E-state index is 5.94. The molecule has 3 rings (SSSR count). The van der Waals surface area contributed by atoms with Gasteiger partial charge >= 0.3 is 0 Å². The van der Waals surface area contributed by atoms with Gasteiger partial charge in [0.15, 0.2) is 0 Å². The number of methoxy groups -OCH3 is 1. The zero-order valence-corrected chi connectivity index (χ0v) is 13.6. The number of hydrogen-bond donors (Lipinski definition) is 1. The molecule has 0 aromatic heterocycles. The predicted octanol–water partition coefficient (Wildman–Crippen LogP) is 2.92. The molecule has 118 valence electrons. The highest BCUT2D eigenvalue weighted by atomic mass is 35.5. The number of halogens is 1. The molecule has 1 saturated heterocycles. The van der Waals surface area contributed by atoms with Gasteiger partial charge in [-0.1, -0.05) is 24.3 Å². The average Bonchev–Trinajstić information content (AvgIpc) is 3.33. The fourth-order valence-electron chi connectivity index (χ4n) is 3.28. The van der Waals surface area contributed by atoms with Crippen molar-refractivity contribution in [1.29, 1.82) is 0 Å². The molecule has 0 radical (unpaired) electrons.